The summed E-state index contributed by atoms with van der Waals surface area (Å²) in [7, 11) is -2.05. The third-order valence-electron chi connectivity index (χ3n) is 4.74. The molecule has 0 unspecified atom stereocenters. The average Bonchev–Trinajstić information content (AvgIpc) is 3.09. The van der Waals surface area contributed by atoms with Gasteiger partial charge in [-0.1, -0.05) is 30.3 Å². The maximum absolute atomic E-state index is 14.1. The number of rotatable bonds is 5. The Kier molecular flexibility index (Phi) is 4.43. The van der Waals surface area contributed by atoms with Crippen molar-refractivity contribution in [1.29, 1.82) is 0 Å². The fraction of sp³-hybridized carbons (Fsp3) is 0.600. The number of halogens is 2. The van der Waals surface area contributed by atoms with Crippen LogP contribution in [0.25, 0.3) is 0 Å². The van der Waals surface area contributed by atoms with Gasteiger partial charge in [-0.15, -0.1) is 0 Å². The molecular weight excluding hydrogens is 324 g/mol. The standard InChI is InChI=1S/C15H21F2N3O2S/c1-18-23(21,22)20-9-7-19(8-10-20)11-13-14(15(13,16)17)12-5-3-2-4-6-12/h2-6,13-14,18H,7-11H2,1H3/t13-,14-/m1/s1. The number of alkyl halides is 2. The van der Waals surface area contributed by atoms with E-state index in [0.29, 0.717) is 38.3 Å². The molecule has 5 nitrogen and oxygen atoms in total. The zero-order valence-electron chi connectivity index (χ0n) is 13.0. The lowest BCUT2D eigenvalue weighted by Gasteiger charge is -2.33. The topological polar surface area (TPSA) is 52.7 Å². The molecule has 1 heterocycles. The van der Waals surface area contributed by atoms with Gasteiger partial charge in [0.05, 0.1) is 5.92 Å². The minimum Gasteiger partial charge on any atom is -0.300 e. The van der Waals surface area contributed by atoms with E-state index < -0.39 is 28.0 Å². The normalized spacial score (nSPS) is 28.7. The third kappa shape index (κ3) is 3.26. The van der Waals surface area contributed by atoms with Gasteiger partial charge in [0.2, 0.25) is 0 Å². The van der Waals surface area contributed by atoms with Crippen molar-refractivity contribution in [2.45, 2.75) is 11.8 Å². The van der Waals surface area contributed by atoms with E-state index in [4.69, 9.17) is 0 Å². The van der Waals surface area contributed by atoms with Gasteiger partial charge in [-0.3, -0.25) is 0 Å². The molecule has 2 atom stereocenters. The van der Waals surface area contributed by atoms with Crippen molar-refractivity contribution in [2.75, 3.05) is 39.8 Å². The predicted molar refractivity (Wildman–Crippen MR) is 83.6 cm³/mol. The summed E-state index contributed by atoms with van der Waals surface area (Å²) in [6, 6.07) is 8.87. The molecule has 0 bridgehead atoms. The Balaban J connectivity index is 1.58. The highest BCUT2D eigenvalue weighted by Gasteiger charge is 2.68. The lowest BCUT2D eigenvalue weighted by Crippen LogP contribution is -2.51. The average molecular weight is 345 g/mol. The van der Waals surface area contributed by atoms with Gasteiger partial charge in [0.1, 0.15) is 0 Å². The lowest BCUT2D eigenvalue weighted by atomic mass is 10.1. The molecule has 1 saturated carbocycles. The summed E-state index contributed by atoms with van der Waals surface area (Å²) in [5.41, 5.74) is 0.680. The molecular formula is C15H21F2N3O2S. The van der Waals surface area contributed by atoms with Crippen molar-refractivity contribution in [3.63, 3.8) is 0 Å². The fourth-order valence-corrected chi connectivity index (χ4v) is 4.19. The Labute approximate surface area is 135 Å². The number of piperazine rings is 1. The molecule has 3 rings (SSSR count). The molecule has 1 aliphatic heterocycles. The van der Waals surface area contributed by atoms with Crippen molar-refractivity contribution in [3.8, 4) is 0 Å². The van der Waals surface area contributed by atoms with Crippen LogP contribution in [-0.4, -0.2) is 63.3 Å². The van der Waals surface area contributed by atoms with E-state index in [-0.39, 0.29) is 0 Å². The quantitative estimate of drug-likeness (QED) is 0.870. The molecule has 1 aromatic rings. The minimum atomic E-state index is -3.43. The molecule has 0 aromatic heterocycles. The molecule has 0 spiro atoms. The highest BCUT2D eigenvalue weighted by Crippen LogP contribution is 2.61. The number of nitrogens with zero attached hydrogens (tertiary/aromatic N) is 2. The van der Waals surface area contributed by atoms with Crippen LogP contribution in [0.1, 0.15) is 11.5 Å². The summed E-state index contributed by atoms with van der Waals surface area (Å²) in [4.78, 5) is 1.93. The van der Waals surface area contributed by atoms with Crippen LogP contribution in [0.5, 0.6) is 0 Å². The molecule has 8 heteroatoms. The van der Waals surface area contributed by atoms with E-state index in [9.17, 15) is 17.2 Å². The molecule has 128 valence electrons. The van der Waals surface area contributed by atoms with Crippen LogP contribution in [0, 0.1) is 5.92 Å². The fourth-order valence-electron chi connectivity index (χ4n) is 3.29. The van der Waals surface area contributed by atoms with E-state index in [1.165, 1.54) is 11.4 Å². The second-order valence-corrected chi connectivity index (χ2v) is 7.95. The monoisotopic (exact) mass is 345 g/mol. The van der Waals surface area contributed by atoms with Gasteiger partial charge >= 0.3 is 0 Å². The second kappa shape index (κ2) is 6.08. The van der Waals surface area contributed by atoms with Crippen molar-refractivity contribution in [3.05, 3.63) is 35.9 Å². The molecule has 1 saturated heterocycles. The van der Waals surface area contributed by atoms with Gasteiger partial charge in [0.15, 0.2) is 0 Å². The smallest absolute Gasteiger partial charge is 0.279 e. The van der Waals surface area contributed by atoms with Crippen LogP contribution in [0.4, 0.5) is 8.78 Å². The van der Waals surface area contributed by atoms with Crippen molar-refractivity contribution in [2.24, 2.45) is 5.92 Å². The van der Waals surface area contributed by atoms with Gasteiger partial charge in [-0.05, 0) is 5.56 Å². The Morgan fingerprint density at radius 2 is 1.78 bits per heavy atom. The Morgan fingerprint density at radius 3 is 2.35 bits per heavy atom. The highest BCUT2D eigenvalue weighted by molar-refractivity contribution is 7.87. The number of hydrogen-bond donors (Lipinski definition) is 1. The zero-order valence-corrected chi connectivity index (χ0v) is 13.8. The molecule has 1 N–H and O–H groups in total. The van der Waals surface area contributed by atoms with Crippen LogP contribution >= 0.6 is 0 Å². The maximum atomic E-state index is 14.1. The minimum absolute atomic E-state index is 0.306. The van der Waals surface area contributed by atoms with Crippen LogP contribution in [0.2, 0.25) is 0 Å². The molecule has 1 aliphatic carbocycles. The Hall–Kier alpha value is -1.09. The zero-order chi connectivity index (χ0) is 16.7. The van der Waals surface area contributed by atoms with Crippen LogP contribution in [0.3, 0.4) is 0 Å². The Bertz CT molecular complexity index is 646. The molecule has 0 radical (unpaired) electrons. The summed E-state index contributed by atoms with van der Waals surface area (Å²) in [5, 5.41) is 0. The molecule has 2 fully saturated rings. The first-order valence-corrected chi connectivity index (χ1v) is 9.14. The summed E-state index contributed by atoms with van der Waals surface area (Å²) < 4.78 is 55.2. The van der Waals surface area contributed by atoms with Crippen LogP contribution in [-0.2, 0) is 10.2 Å². The largest absolute Gasteiger partial charge is 0.300 e. The van der Waals surface area contributed by atoms with Gasteiger partial charge in [0.25, 0.3) is 16.1 Å². The van der Waals surface area contributed by atoms with Crippen molar-refractivity contribution < 1.29 is 17.2 Å². The van der Waals surface area contributed by atoms with Gasteiger partial charge in [-0.2, -0.15) is 12.7 Å². The molecule has 0 amide bonds. The molecule has 23 heavy (non-hydrogen) atoms. The SMILES string of the molecule is CNS(=O)(=O)N1CCN(C[C@@H]2[C@@H](c3ccccc3)C2(F)F)CC1. The predicted octanol–water partition coefficient (Wildman–Crippen LogP) is 1.12. The number of nitrogens with one attached hydrogen (secondary N) is 1. The second-order valence-electron chi connectivity index (χ2n) is 6.08. The summed E-state index contributed by atoms with van der Waals surface area (Å²) in [6.07, 6.45) is 0. The van der Waals surface area contributed by atoms with Crippen molar-refractivity contribution >= 4 is 10.2 Å². The van der Waals surface area contributed by atoms with Crippen LogP contribution < -0.4 is 4.72 Å². The summed E-state index contributed by atoms with van der Waals surface area (Å²) in [6.45, 7) is 1.93. The molecule has 2 aliphatic rings. The van der Waals surface area contributed by atoms with E-state index in [0.717, 1.165) is 0 Å². The first-order chi connectivity index (χ1) is 10.9. The van der Waals surface area contributed by atoms with E-state index in [2.05, 4.69) is 4.72 Å². The lowest BCUT2D eigenvalue weighted by molar-refractivity contribution is 0.0780. The Morgan fingerprint density at radius 1 is 1.17 bits per heavy atom. The van der Waals surface area contributed by atoms with Crippen molar-refractivity contribution in [1.82, 2.24) is 13.9 Å². The maximum Gasteiger partial charge on any atom is 0.279 e. The van der Waals surface area contributed by atoms with E-state index in [1.807, 2.05) is 11.0 Å². The first-order valence-electron chi connectivity index (χ1n) is 7.70. The van der Waals surface area contributed by atoms with E-state index >= 15 is 0 Å². The van der Waals surface area contributed by atoms with Gasteiger partial charge in [0, 0.05) is 45.7 Å². The van der Waals surface area contributed by atoms with Gasteiger partial charge < -0.3 is 4.90 Å². The third-order valence-corrected chi connectivity index (χ3v) is 6.31. The number of hydrogen-bond acceptors (Lipinski definition) is 3. The van der Waals surface area contributed by atoms with Crippen LogP contribution in [0.15, 0.2) is 30.3 Å². The molecule has 1 aromatic carbocycles. The van der Waals surface area contributed by atoms with E-state index in [1.54, 1.807) is 24.3 Å². The van der Waals surface area contributed by atoms with Gasteiger partial charge in [-0.25, -0.2) is 13.5 Å². The summed E-state index contributed by atoms with van der Waals surface area (Å²) >= 11 is 0. The summed E-state index contributed by atoms with van der Waals surface area (Å²) in [5.74, 6) is -4.07. The first kappa shape index (κ1) is 16.8. The highest BCUT2D eigenvalue weighted by atomic mass is 32.2. The number of benzene rings is 1.